The molecule has 1 rings (SSSR count). The standard InChI is InChI=1S/C14H23NO/c1-11(2)10-15-7-8-16-14-9-12(3)5-6-13(14)4/h5-6,9,11,15H,7-8,10H2,1-4H3. The molecule has 0 saturated carbocycles. The van der Waals surface area contributed by atoms with E-state index in [2.05, 4.69) is 51.2 Å². The minimum atomic E-state index is 0.695. The van der Waals surface area contributed by atoms with Gasteiger partial charge >= 0.3 is 0 Å². The molecule has 0 unspecified atom stereocenters. The molecule has 1 N–H and O–H groups in total. The Morgan fingerprint density at radius 3 is 2.69 bits per heavy atom. The van der Waals surface area contributed by atoms with E-state index >= 15 is 0 Å². The van der Waals surface area contributed by atoms with Crippen LogP contribution in [0, 0.1) is 19.8 Å². The first kappa shape index (κ1) is 13.0. The lowest BCUT2D eigenvalue weighted by Crippen LogP contribution is -2.25. The van der Waals surface area contributed by atoms with Crippen LogP contribution in [0.3, 0.4) is 0 Å². The molecule has 0 saturated heterocycles. The van der Waals surface area contributed by atoms with Gasteiger partial charge in [-0.15, -0.1) is 0 Å². The Bertz CT molecular complexity index is 321. The molecule has 0 atom stereocenters. The van der Waals surface area contributed by atoms with Gasteiger partial charge in [0.25, 0.3) is 0 Å². The van der Waals surface area contributed by atoms with E-state index in [1.807, 2.05) is 0 Å². The number of benzene rings is 1. The van der Waals surface area contributed by atoms with Crippen LogP contribution in [0.1, 0.15) is 25.0 Å². The first-order valence-electron chi connectivity index (χ1n) is 6.00. The summed E-state index contributed by atoms with van der Waals surface area (Å²) in [7, 11) is 0. The number of hydrogen-bond acceptors (Lipinski definition) is 2. The minimum absolute atomic E-state index is 0.695. The quantitative estimate of drug-likeness (QED) is 0.746. The number of aryl methyl sites for hydroxylation is 2. The highest BCUT2D eigenvalue weighted by atomic mass is 16.5. The number of rotatable bonds is 6. The Morgan fingerprint density at radius 2 is 2.00 bits per heavy atom. The molecule has 0 fully saturated rings. The molecule has 90 valence electrons. The summed E-state index contributed by atoms with van der Waals surface area (Å²) >= 11 is 0. The molecule has 0 aromatic heterocycles. The van der Waals surface area contributed by atoms with Gasteiger partial charge in [0.1, 0.15) is 12.4 Å². The minimum Gasteiger partial charge on any atom is -0.492 e. The van der Waals surface area contributed by atoms with E-state index in [1.54, 1.807) is 0 Å². The predicted molar refractivity (Wildman–Crippen MR) is 69.1 cm³/mol. The van der Waals surface area contributed by atoms with E-state index < -0.39 is 0 Å². The number of ether oxygens (including phenoxy) is 1. The summed E-state index contributed by atoms with van der Waals surface area (Å²) in [6.45, 7) is 11.3. The van der Waals surface area contributed by atoms with Gasteiger partial charge < -0.3 is 10.1 Å². The van der Waals surface area contributed by atoms with Crippen molar-refractivity contribution in [3.63, 3.8) is 0 Å². The van der Waals surface area contributed by atoms with E-state index in [0.717, 1.165) is 25.4 Å². The largest absolute Gasteiger partial charge is 0.492 e. The van der Waals surface area contributed by atoms with Gasteiger partial charge in [0.15, 0.2) is 0 Å². The third kappa shape index (κ3) is 4.67. The zero-order chi connectivity index (χ0) is 12.0. The highest BCUT2D eigenvalue weighted by Crippen LogP contribution is 2.18. The third-order valence-electron chi connectivity index (χ3n) is 2.43. The highest BCUT2D eigenvalue weighted by Gasteiger charge is 1.99. The monoisotopic (exact) mass is 221 g/mol. The molecule has 1 aromatic carbocycles. The molecule has 0 spiro atoms. The molecule has 0 aliphatic carbocycles. The van der Waals surface area contributed by atoms with Crippen molar-refractivity contribution < 1.29 is 4.74 Å². The molecule has 0 bridgehead atoms. The van der Waals surface area contributed by atoms with Crippen molar-refractivity contribution in [2.45, 2.75) is 27.7 Å². The maximum Gasteiger partial charge on any atom is 0.122 e. The molecule has 0 aliphatic rings. The molecule has 2 nitrogen and oxygen atoms in total. The summed E-state index contributed by atoms with van der Waals surface area (Å²) in [5.41, 5.74) is 2.45. The number of hydrogen-bond donors (Lipinski definition) is 1. The molecule has 0 amide bonds. The summed E-state index contributed by atoms with van der Waals surface area (Å²) in [6.07, 6.45) is 0. The molecule has 0 aliphatic heterocycles. The van der Waals surface area contributed by atoms with Crippen LogP contribution in [0.2, 0.25) is 0 Å². The van der Waals surface area contributed by atoms with Gasteiger partial charge in [0.05, 0.1) is 0 Å². The zero-order valence-corrected chi connectivity index (χ0v) is 10.8. The van der Waals surface area contributed by atoms with Crippen molar-refractivity contribution >= 4 is 0 Å². The van der Waals surface area contributed by atoms with Gasteiger partial charge in [-0.3, -0.25) is 0 Å². The van der Waals surface area contributed by atoms with Crippen LogP contribution in [0.4, 0.5) is 0 Å². The van der Waals surface area contributed by atoms with Crippen molar-refractivity contribution in [1.29, 1.82) is 0 Å². The van der Waals surface area contributed by atoms with Gasteiger partial charge in [-0.2, -0.15) is 0 Å². The van der Waals surface area contributed by atoms with E-state index in [4.69, 9.17) is 4.74 Å². The molecule has 2 heteroatoms. The summed E-state index contributed by atoms with van der Waals surface area (Å²) in [4.78, 5) is 0. The van der Waals surface area contributed by atoms with Gasteiger partial charge in [0, 0.05) is 6.54 Å². The smallest absolute Gasteiger partial charge is 0.122 e. The van der Waals surface area contributed by atoms with Crippen LogP contribution in [0.15, 0.2) is 18.2 Å². The van der Waals surface area contributed by atoms with Gasteiger partial charge in [-0.05, 0) is 43.5 Å². The van der Waals surface area contributed by atoms with Crippen molar-refractivity contribution in [2.75, 3.05) is 19.7 Å². The van der Waals surface area contributed by atoms with Crippen LogP contribution in [0.5, 0.6) is 5.75 Å². The first-order chi connectivity index (χ1) is 7.59. The van der Waals surface area contributed by atoms with E-state index in [0.29, 0.717) is 5.92 Å². The second-order valence-electron chi connectivity index (χ2n) is 4.72. The van der Waals surface area contributed by atoms with Crippen molar-refractivity contribution in [2.24, 2.45) is 5.92 Å². The molecular weight excluding hydrogens is 198 g/mol. The van der Waals surface area contributed by atoms with Gasteiger partial charge in [0.2, 0.25) is 0 Å². The lowest BCUT2D eigenvalue weighted by molar-refractivity contribution is 0.309. The van der Waals surface area contributed by atoms with Crippen LogP contribution in [-0.4, -0.2) is 19.7 Å². The lowest BCUT2D eigenvalue weighted by Gasteiger charge is -2.11. The van der Waals surface area contributed by atoms with Crippen LogP contribution in [-0.2, 0) is 0 Å². The normalized spacial score (nSPS) is 10.8. The Morgan fingerprint density at radius 1 is 1.25 bits per heavy atom. The Balaban J connectivity index is 2.29. The highest BCUT2D eigenvalue weighted by molar-refractivity contribution is 5.35. The van der Waals surface area contributed by atoms with E-state index in [9.17, 15) is 0 Å². The summed E-state index contributed by atoms with van der Waals surface area (Å²) in [6, 6.07) is 6.31. The van der Waals surface area contributed by atoms with Crippen molar-refractivity contribution in [3.05, 3.63) is 29.3 Å². The molecule has 16 heavy (non-hydrogen) atoms. The maximum absolute atomic E-state index is 5.74. The fraction of sp³-hybridized carbons (Fsp3) is 0.571. The first-order valence-corrected chi connectivity index (χ1v) is 6.00. The van der Waals surface area contributed by atoms with Gasteiger partial charge in [-0.25, -0.2) is 0 Å². The second kappa shape index (κ2) is 6.54. The summed E-state index contributed by atoms with van der Waals surface area (Å²) in [5, 5.41) is 3.36. The van der Waals surface area contributed by atoms with Crippen molar-refractivity contribution in [1.82, 2.24) is 5.32 Å². The lowest BCUT2D eigenvalue weighted by atomic mass is 10.1. The Hall–Kier alpha value is -1.02. The van der Waals surface area contributed by atoms with E-state index in [-0.39, 0.29) is 0 Å². The third-order valence-corrected chi connectivity index (χ3v) is 2.43. The van der Waals surface area contributed by atoms with Crippen molar-refractivity contribution in [3.8, 4) is 5.75 Å². The Labute approximate surface area is 99.0 Å². The topological polar surface area (TPSA) is 21.3 Å². The molecule has 0 heterocycles. The summed E-state index contributed by atoms with van der Waals surface area (Å²) in [5.74, 6) is 1.70. The number of nitrogens with one attached hydrogen (secondary N) is 1. The predicted octanol–water partition coefficient (Wildman–Crippen LogP) is 2.93. The average molecular weight is 221 g/mol. The fourth-order valence-electron chi connectivity index (χ4n) is 1.49. The molecular formula is C14H23NO. The SMILES string of the molecule is Cc1ccc(C)c(OCCNCC(C)C)c1. The van der Waals surface area contributed by atoms with Crippen LogP contribution < -0.4 is 10.1 Å². The summed E-state index contributed by atoms with van der Waals surface area (Å²) < 4.78 is 5.74. The molecule has 1 aromatic rings. The van der Waals surface area contributed by atoms with Crippen LogP contribution in [0.25, 0.3) is 0 Å². The maximum atomic E-state index is 5.74. The fourth-order valence-corrected chi connectivity index (χ4v) is 1.49. The van der Waals surface area contributed by atoms with Crippen LogP contribution >= 0.6 is 0 Å². The molecule has 0 radical (unpaired) electrons. The zero-order valence-electron chi connectivity index (χ0n) is 10.8. The second-order valence-corrected chi connectivity index (χ2v) is 4.72. The average Bonchev–Trinajstić information content (AvgIpc) is 2.22. The Kier molecular flexibility index (Phi) is 5.33. The van der Waals surface area contributed by atoms with Gasteiger partial charge in [-0.1, -0.05) is 26.0 Å². The van der Waals surface area contributed by atoms with E-state index in [1.165, 1.54) is 11.1 Å².